The van der Waals surface area contributed by atoms with E-state index in [-0.39, 0.29) is 22.7 Å². The second kappa shape index (κ2) is 8.09. The fourth-order valence-corrected chi connectivity index (χ4v) is 5.12. The highest BCUT2D eigenvalue weighted by Gasteiger charge is 2.28. The molecule has 0 atom stereocenters. The maximum Gasteiger partial charge on any atom is 0.293 e. The van der Waals surface area contributed by atoms with Crippen molar-refractivity contribution in [1.82, 2.24) is 9.44 Å². The molecule has 0 aromatic heterocycles. The molecular weight excluding hydrogens is 396 g/mol. The second-order valence-corrected chi connectivity index (χ2v) is 10.3. The lowest BCUT2D eigenvalue weighted by Crippen LogP contribution is -2.44. The highest BCUT2D eigenvalue weighted by molar-refractivity contribution is 7.89. The molecule has 0 radical (unpaired) electrons. The summed E-state index contributed by atoms with van der Waals surface area (Å²) >= 11 is 0. The first-order chi connectivity index (χ1) is 12.4. The van der Waals surface area contributed by atoms with Crippen LogP contribution in [0.4, 0.5) is 11.4 Å². The molecule has 0 aliphatic carbocycles. The van der Waals surface area contributed by atoms with Crippen molar-refractivity contribution in [2.45, 2.75) is 43.7 Å². The van der Waals surface area contributed by atoms with E-state index in [1.54, 1.807) is 18.7 Å². The number of hydrogen-bond acceptors (Lipinski definition) is 7. The minimum absolute atomic E-state index is 0.166. The molecule has 2 rings (SSSR count). The summed E-state index contributed by atoms with van der Waals surface area (Å²) in [5.74, 6) is 0. The molecule has 1 aromatic rings. The molecule has 1 fully saturated rings. The van der Waals surface area contributed by atoms with Crippen LogP contribution in [-0.4, -0.2) is 53.2 Å². The summed E-state index contributed by atoms with van der Waals surface area (Å²) in [7, 11) is -7.15. The number of anilines is 1. The molecule has 1 aromatic carbocycles. The van der Waals surface area contributed by atoms with Gasteiger partial charge >= 0.3 is 0 Å². The molecule has 12 heteroatoms. The molecule has 1 aliphatic heterocycles. The molecule has 2 N–H and O–H groups in total. The molecule has 152 valence electrons. The van der Waals surface area contributed by atoms with Crippen molar-refractivity contribution in [3.05, 3.63) is 28.3 Å². The van der Waals surface area contributed by atoms with Gasteiger partial charge in [0.15, 0.2) is 0 Å². The quantitative estimate of drug-likeness (QED) is 0.491. The van der Waals surface area contributed by atoms with E-state index in [0.717, 1.165) is 12.3 Å². The molecule has 27 heavy (non-hydrogen) atoms. The highest BCUT2D eigenvalue weighted by atomic mass is 32.2. The fraction of sp³-hybridized carbons (Fsp3) is 0.600. The van der Waals surface area contributed by atoms with Crippen LogP contribution in [0.3, 0.4) is 0 Å². The van der Waals surface area contributed by atoms with Crippen molar-refractivity contribution in [2.75, 3.05) is 24.2 Å². The summed E-state index contributed by atoms with van der Waals surface area (Å²) in [6.45, 7) is 4.17. The fourth-order valence-electron chi connectivity index (χ4n) is 3.00. The summed E-state index contributed by atoms with van der Waals surface area (Å²) in [6, 6.07) is 3.27. The van der Waals surface area contributed by atoms with Crippen LogP contribution in [0.5, 0.6) is 0 Å². The minimum Gasteiger partial charge on any atom is -0.366 e. The average molecular weight is 421 g/mol. The Labute approximate surface area is 159 Å². The first-order valence-corrected chi connectivity index (χ1v) is 11.8. The monoisotopic (exact) mass is 420 g/mol. The Kier molecular flexibility index (Phi) is 6.45. The molecular formula is C15H24N4O6S2. The van der Waals surface area contributed by atoms with E-state index in [2.05, 4.69) is 9.44 Å². The normalized spacial score (nSPS) is 16.7. The van der Waals surface area contributed by atoms with E-state index in [9.17, 15) is 26.9 Å². The maximum absolute atomic E-state index is 12.3. The number of nitro groups is 1. The van der Waals surface area contributed by atoms with Crippen LogP contribution in [0.25, 0.3) is 0 Å². The molecule has 1 saturated heterocycles. The number of nitrogens with zero attached hydrogens (tertiary/aromatic N) is 2. The molecule has 0 amide bonds. The van der Waals surface area contributed by atoms with Crippen molar-refractivity contribution >= 4 is 31.4 Å². The van der Waals surface area contributed by atoms with Gasteiger partial charge in [0.05, 0.1) is 16.1 Å². The summed E-state index contributed by atoms with van der Waals surface area (Å²) in [5.41, 5.74) is 0.0254. The van der Waals surface area contributed by atoms with E-state index in [1.165, 1.54) is 12.1 Å². The van der Waals surface area contributed by atoms with Gasteiger partial charge in [-0.2, -0.15) is 0 Å². The smallest absolute Gasteiger partial charge is 0.293 e. The standard InChI is InChI=1S/C15H24N4O6S2/c1-11(2)16-27(24,25)13-4-5-14(15(10-13)19(20)21)18-8-6-12(7-9-18)17-26(3,22)23/h4-5,10-12,16-17H,6-9H2,1-3H3. The lowest BCUT2D eigenvalue weighted by molar-refractivity contribution is -0.384. The van der Waals surface area contributed by atoms with Crippen LogP contribution in [0.1, 0.15) is 26.7 Å². The zero-order valence-corrected chi connectivity index (χ0v) is 17.0. The number of rotatable bonds is 7. The van der Waals surface area contributed by atoms with Gasteiger partial charge in [-0.3, -0.25) is 10.1 Å². The van der Waals surface area contributed by atoms with Crippen LogP contribution in [0.15, 0.2) is 23.1 Å². The van der Waals surface area contributed by atoms with Crippen LogP contribution < -0.4 is 14.3 Å². The summed E-state index contributed by atoms with van der Waals surface area (Å²) in [5, 5.41) is 11.5. The van der Waals surface area contributed by atoms with Gasteiger partial charge in [0.2, 0.25) is 20.0 Å². The number of benzene rings is 1. The summed E-state index contributed by atoms with van der Waals surface area (Å²) in [6.07, 6.45) is 2.09. The Balaban J connectivity index is 2.25. The van der Waals surface area contributed by atoms with Crippen molar-refractivity contribution in [2.24, 2.45) is 0 Å². The molecule has 0 saturated carbocycles. The molecule has 0 spiro atoms. The Morgan fingerprint density at radius 1 is 1.19 bits per heavy atom. The Morgan fingerprint density at radius 2 is 1.78 bits per heavy atom. The van der Waals surface area contributed by atoms with Gasteiger partial charge in [0.25, 0.3) is 5.69 Å². The maximum atomic E-state index is 12.3. The third-order valence-corrected chi connectivity index (χ3v) is 6.48. The number of sulfonamides is 2. The Hall–Kier alpha value is -1.76. The van der Waals surface area contributed by atoms with E-state index in [1.807, 2.05) is 0 Å². The average Bonchev–Trinajstić information content (AvgIpc) is 2.52. The number of nitrogens with one attached hydrogen (secondary N) is 2. The predicted octanol–water partition coefficient (Wildman–Crippen LogP) is 0.800. The molecule has 10 nitrogen and oxygen atoms in total. The van der Waals surface area contributed by atoms with Gasteiger partial charge in [0.1, 0.15) is 5.69 Å². The third kappa shape index (κ3) is 5.86. The summed E-state index contributed by atoms with van der Waals surface area (Å²) < 4.78 is 52.1. The van der Waals surface area contributed by atoms with E-state index in [4.69, 9.17) is 0 Å². The van der Waals surface area contributed by atoms with Gasteiger partial charge in [-0.05, 0) is 38.8 Å². The van der Waals surface area contributed by atoms with Gasteiger partial charge in [-0.1, -0.05) is 0 Å². The predicted molar refractivity (Wildman–Crippen MR) is 102 cm³/mol. The number of piperidine rings is 1. The zero-order valence-electron chi connectivity index (χ0n) is 15.4. The largest absolute Gasteiger partial charge is 0.366 e. The van der Waals surface area contributed by atoms with Crippen molar-refractivity contribution in [3.8, 4) is 0 Å². The van der Waals surface area contributed by atoms with Gasteiger partial charge in [-0.25, -0.2) is 26.3 Å². The molecule has 1 aliphatic rings. The van der Waals surface area contributed by atoms with Crippen LogP contribution in [-0.2, 0) is 20.0 Å². The Morgan fingerprint density at radius 3 is 2.26 bits per heavy atom. The number of nitro benzene ring substituents is 1. The first kappa shape index (κ1) is 21.5. The highest BCUT2D eigenvalue weighted by Crippen LogP contribution is 2.32. The first-order valence-electron chi connectivity index (χ1n) is 8.42. The lowest BCUT2D eigenvalue weighted by atomic mass is 10.1. The molecule has 1 heterocycles. The van der Waals surface area contributed by atoms with Crippen LogP contribution in [0, 0.1) is 10.1 Å². The van der Waals surface area contributed by atoms with Crippen molar-refractivity contribution in [3.63, 3.8) is 0 Å². The second-order valence-electron chi connectivity index (χ2n) is 6.83. The Bertz CT molecular complexity index is 906. The SMILES string of the molecule is CC(C)NS(=O)(=O)c1ccc(N2CCC(NS(C)(=O)=O)CC2)c([N+](=O)[O-])c1. The van der Waals surface area contributed by atoms with E-state index in [0.29, 0.717) is 31.6 Å². The van der Waals surface area contributed by atoms with Gasteiger partial charge in [0, 0.05) is 31.2 Å². The molecule has 0 unspecified atom stereocenters. The van der Waals surface area contributed by atoms with Crippen molar-refractivity contribution < 1.29 is 21.8 Å². The topological polar surface area (TPSA) is 139 Å². The van der Waals surface area contributed by atoms with Crippen molar-refractivity contribution in [1.29, 1.82) is 0 Å². The number of hydrogen-bond donors (Lipinski definition) is 2. The van der Waals surface area contributed by atoms with Gasteiger partial charge in [-0.15, -0.1) is 0 Å². The lowest BCUT2D eigenvalue weighted by Gasteiger charge is -2.33. The van der Waals surface area contributed by atoms with Gasteiger partial charge < -0.3 is 4.90 Å². The zero-order chi connectivity index (χ0) is 20.4. The van der Waals surface area contributed by atoms with E-state index >= 15 is 0 Å². The third-order valence-electron chi connectivity index (χ3n) is 4.06. The van der Waals surface area contributed by atoms with E-state index < -0.39 is 25.0 Å². The summed E-state index contributed by atoms with van der Waals surface area (Å²) in [4.78, 5) is 12.5. The minimum atomic E-state index is -3.84. The molecule has 0 bridgehead atoms. The van der Waals surface area contributed by atoms with Crippen LogP contribution in [0.2, 0.25) is 0 Å². The van der Waals surface area contributed by atoms with Crippen LogP contribution >= 0.6 is 0 Å².